The van der Waals surface area contributed by atoms with Gasteiger partial charge in [0.05, 0.1) is 6.20 Å². The second kappa shape index (κ2) is 5.54. The third kappa shape index (κ3) is 2.45. The minimum Gasteiger partial charge on any atom is -0.372 e. The van der Waals surface area contributed by atoms with E-state index in [1.165, 1.54) is 25.7 Å². The second-order valence-corrected chi connectivity index (χ2v) is 6.05. The van der Waals surface area contributed by atoms with Crippen molar-refractivity contribution in [1.82, 2.24) is 14.4 Å². The topological polar surface area (TPSA) is 45.5 Å². The van der Waals surface area contributed by atoms with Crippen molar-refractivity contribution in [2.24, 2.45) is 5.41 Å². The van der Waals surface area contributed by atoms with E-state index < -0.39 is 0 Å². The fourth-order valence-electron chi connectivity index (χ4n) is 3.40. The van der Waals surface area contributed by atoms with E-state index in [1.54, 1.807) is 0 Å². The molecule has 3 rings (SSSR count). The lowest BCUT2D eigenvalue weighted by Crippen LogP contribution is -2.40. The second-order valence-electron chi connectivity index (χ2n) is 6.05. The fourth-order valence-corrected chi connectivity index (χ4v) is 3.40. The lowest BCUT2D eigenvalue weighted by Gasteiger charge is -2.41. The van der Waals surface area contributed by atoms with Crippen molar-refractivity contribution < 1.29 is 0 Å². The molecule has 0 aliphatic carbocycles. The van der Waals surface area contributed by atoms with E-state index in [0.717, 1.165) is 30.4 Å². The Balaban J connectivity index is 1.90. The summed E-state index contributed by atoms with van der Waals surface area (Å²) < 4.78 is 2.05. The summed E-state index contributed by atoms with van der Waals surface area (Å²) in [6, 6.07) is 0. The number of hydrogen-bond donors (Lipinski definition) is 1. The zero-order valence-corrected chi connectivity index (χ0v) is 13.3. The first-order valence-corrected chi connectivity index (χ1v) is 7.98. The number of aromatic nitrogens is 3. The summed E-state index contributed by atoms with van der Waals surface area (Å²) >= 11 is 0. The van der Waals surface area contributed by atoms with Crippen LogP contribution in [0.5, 0.6) is 0 Å². The highest BCUT2D eigenvalue weighted by Crippen LogP contribution is 2.39. The van der Waals surface area contributed by atoms with Crippen molar-refractivity contribution >= 4 is 17.3 Å². The van der Waals surface area contributed by atoms with E-state index in [0.29, 0.717) is 5.41 Å². The van der Waals surface area contributed by atoms with Crippen LogP contribution in [0.25, 0.3) is 5.65 Å². The minimum absolute atomic E-state index is 0.531. The van der Waals surface area contributed by atoms with Gasteiger partial charge in [-0.25, -0.2) is 9.97 Å². The molecule has 2 aromatic heterocycles. The number of fused-ring (bicyclic) bond motifs is 1. The van der Waals surface area contributed by atoms with Gasteiger partial charge < -0.3 is 14.6 Å². The lowest BCUT2D eigenvalue weighted by atomic mass is 9.74. The van der Waals surface area contributed by atoms with E-state index in [9.17, 15) is 0 Å². The lowest BCUT2D eigenvalue weighted by molar-refractivity contribution is 0.199. The SMILES string of the molecule is CCC1(CC)CCN(c2nc(NC)cn3ccnc23)CC1. The Morgan fingerprint density at radius 1 is 1.24 bits per heavy atom. The van der Waals surface area contributed by atoms with Gasteiger partial charge in [-0.15, -0.1) is 0 Å². The Bertz CT molecular complexity index is 604. The van der Waals surface area contributed by atoms with E-state index in [1.807, 2.05) is 25.6 Å². The molecule has 0 unspecified atom stereocenters. The van der Waals surface area contributed by atoms with Crippen LogP contribution in [0, 0.1) is 5.41 Å². The maximum absolute atomic E-state index is 4.75. The van der Waals surface area contributed by atoms with Crippen LogP contribution in [0.15, 0.2) is 18.6 Å². The molecule has 0 amide bonds. The molecule has 2 aromatic rings. The number of nitrogens with one attached hydrogen (secondary N) is 1. The van der Waals surface area contributed by atoms with Gasteiger partial charge in [0.25, 0.3) is 0 Å². The van der Waals surface area contributed by atoms with E-state index >= 15 is 0 Å². The summed E-state index contributed by atoms with van der Waals surface area (Å²) in [5, 5.41) is 3.14. The van der Waals surface area contributed by atoms with Gasteiger partial charge in [0.15, 0.2) is 11.5 Å². The van der Waals surface area contributed by atoms with Crippen molar-refractivity contribution in [3.63, 3.8) is 0 Å². The van der Waals surface area contributed by atoms with Crippen LogP contribution in [0.2, 0.25) is 0 Å². The average Bonchev–Trinajstić information content (AvgIpc) is 3.02. The molecule has 0 radical (unpaired) electrons. The molecular formula is C16H25N5. The van der Waals surface area contributed by atoms with Crippen molar-refractivity contribution in [2.75, 3.05) is 30.4 Å². The van der Waals surface area contributed by atoms with Gasteiger partial charge in [-0.05, 0) is 18.3 Å². The van der Waals surface area contributed by atoms with Crippen LogP contribution < -0.4 is 10.2 Å². The van der Waals surface area contributed by atoms with Crippen molar-refractivity contribution in [3.8, 4) is 0 Å². The maximum atomic E-state index is 4.75. The molecule has 0 atom stereocenters. The largest absolute Gasteiger partial charge is 0.372 e. The average molecular weight is 287 g/mol. The monoisotopic (exact) mass is 287 g/mol. The first kappa shape index (κ1) is 14.2. The highest BCUT2D eigenvalue weighted by Gasteiger charge is 2.32. The number of piperidine rings is 1. The van der Waals surface area contributed by atoms with Gasteiger partial charge in [0.1, 0.15) is 5.82 Å². The Labute approximate surface area is 126 Å². The Morgan fingerprint density at radius 3 is 2.57 bits per heavy atom. The zero-order valence-electron chi connectivity index (χ0n) is 13.3. The molecule has 21 heavy (non-hydrogen) atoms. The fraction of sp³-hybridized carbons (Fsp3) is 0.625. The first-order chi connectivity index (χ1) is 10.2. The molecule has 1 aliphatic rings. The Kier molecular flexibility index (Phi) is 3.74. The van der Waals surface area contributed by atoms with E-state index in [2.05, 4.69) is 33.4 Å². The highest BCUT2D eigenvalue weighted by atomic mass is 15.2. The number of rotatable bonds is 4. The highest BCUT2D eigenvalue weighted by molar-refractivity contribution is 5.67. The van der Waals surface area contributed by atoms with Crippen molar-refractivity contribution in [1.29, 1.82) is 0 Å². The molecule has 5 nitrogen and oxygen atoms in total. The van der Waals surface area contributed by atoms with Gasteiger partial charge in [-0.1, -0.05) is 26.7 Å². The molecule has 114 valence electrons. The third-order valence-corrected chi connectivity index (χ3v) is 5.24. The normalized spacial score (nSPS) is 18.1. The molecule has 1 saturated heterocycles. The molecule has 1 N–H and O–H groups in total. The number of anilines is 2. The quantitative estimate of drug-likeness (QED) is 0.938. The number of hydrogen-bond acceptors (Lipinski definition) is 4. The summed E-state index contributed by atoms with van der Waals surface area (Å²) in [6.45, 7) is 6.80. The Morgan fingerprint density at radius 2 is 1.95 bits per heavy atom. The maximum Gasteiger partial charge on any atom is 0.180 e. The summed E-state index contributed by atoms with van der Waals surface area (Å²) in [4.78, 5) is 11.6. The van der Waals surface area contributed by atoms with E-state index in [4.69, 9.17) is 4.98 Å². The molecule has 1 aliphatic heterocycles. The van der Waals surface area contributed by atoms with E-state index in [-0.39, 0.29) is 0 Å². The number of imidazole rings is 1. The zero-order chi connectivity index (χ0) is 14.9. The van der Waals surface area contributed by atoms with Gasteiger partial charge >= 0.3 is 0 Å². The summed E-state index contributed by atoms with van der Waals surface area (Å²) in [7, 11) is 1.91. The predicted octanol–water partition coefficient (Wildman–Crippen LogP) is 3.18. The summed E-state index contributed by atoms with van der Waals surface area (Å²) in [5.41, 5.74) is 1.48. The van der Waals surface area contributed by atoms with Crippen LogP contribution in [0.3, 0.4) is 0 Å². The van der Waals surface area contributed by atoms with Gasteiger partial charge in [-0.2, -0.15) is 0 Å². The van der Waals surface area contributed by atoms with Crippen LogP contribution >= 0.6 is 0 Å². The van der Waals surface area contributed by atoms with Crippen LogP contribution in [0.4, 0.5) is 11.6 Å². The molecular weight excluding hydrogens is 262 g/mol. The summed E-state index contributed by atoms with van der Waals surface area (Å²) in [6.07, 6.45) is 10.9. The van der Waals surface area contributed by atoms with Crippen molar-refractivity contribution in [2.45, 2.75) is 39.5 Å². The standard InChI is InChI=1S/C16H25N5/c1-4-16(5-2)6-9-20(10-7-16)15-14-18-8-11-21(14)12-13(17-3)19-15/h8,11-12,17H,4-7,9-10H2,1-3H3. The van der Waals surface area contributed by atoms with Crippen molar-refractivity contribution in [3.05, 3.63) is 18.6 Å². The summed E-state index contributed by atoms with van der Waals surface area (Å²) in [5.74, 6) is 1.89. The molecule has 1 fully saturated rings. The predicted molar refractivity (Wildman–Crippen MR) is 87.0 cm³/mol. The van der Waals surface area contributed by atoms with Crippen LogP contribution in [-0.4, -0.2) is 34.5 Å². The van der Waals surface area contributed by atoms with Crippen LogP contribution in [0.1, 0.15) is 39.5 Å². The molecule has 5 heteroatoms. The minimum atomic E-state index is 0.531. The first-order valence-electron chi connectivity index (χ1n) is 7.98. The van der Waals surface area contributed by atoms with Gasteiger partial charge in [0.2, 0.25) is 0 Å². The van der Waals surface area contributed by atoms with Gasteiger partial charge in [-0.3, -0.25) is 0 Å². The number of nitrogens with zero attached hydrogens (tertiary/aromatic N) is 4. The van der Waals surface area contributed by atoms with Gasteiger partial charge in [0, 0.05) is 32.5 Å². The Hall–Kier alpha value is -1.78. The molecule has 3 heterocycles. The smallest absolute Gasteiger partial charge is 0.180 e. The molecule has 0 aromatic carbocycles. The van der Waals surface area contributed by atoms with Crippen LogP contribution in [-0.2, 0) is 0 Å². The molecule has 0 saturated carbocycles. The third-order valence-electron chi connectivity index (χ3n) is 5.24. The molecule has 0 bridgehead atoms. The molecule has 0 spiro atoms.